The minimum atomic E-state index is -0.477. The van der Waals surface area contributed by atoms with Crippen LogP contribution in [0.5, 0.6) is 0 Å². The van der Waals surface area contributed by atoms with E-state index in [-0.39, 0.29) is 5.39 Å². The lowest BCUT2D eigenvalue weighted by Crippen LogP contribution is -2.38. The van der Waals surface area contributed by atoms with E-state index < -0.39 is 11.2 Å². The monoisotopic (exact) mass is 295 g/mol. The fraction of sp³-hybridized carbons (Fsp3) is 0.133. The van der Waals surface area contributed by atoms with Gasteiger partial charge in [-0.3, -0.25) is 14.3 Å². The molecule has 0 radical (unpaired) electrons. The van der Waals surface area contributed by atoms with E-state index in [1.54, 1.807) is 25.3 Å². The maximum Gasteiger partial charge on any atom is 0.337 e. The Morgan fingerprint density at radius 2 is 2.05 bits per heavy atom. The number of aryl methyl sites for hydroxylation is 1. The number of aromatic nitrogens is 5. The van der Waals surface area contributed by atoms with Crippen LogP contribution in [0.25, 0.3) is 16.7 Å². The summed E-state index contributed by atoms with van der Waals surface area (Å²) < 4.78 is 2.38. The Balaban J connectivity index is 2.29. The Labute approximate surface area is 125 Å². The molecule has 7 nitrogen and oxygen atoms in total. The number of hydrogen-bond donors (Lipinski definition) is 0. The van der Waals surface area contributed by atoms with Gasteiger partial charge in [-0.1, -0.05) is 6.08 Å². The third-order valence-electron chi connectivity index (χ3n) is 3.34. The summed E-state index contributed by atoms with van der Waals surface area (Å²) in [4.78, 5) is 37.0. The molecule has 0 spiro atoms. The van der Waals surface area contributed by atoms with Gasteiger partial charge < -0.3 is 0 Å². The Hall–Kier alpha value is -3.09. The first kappa shape index (κ1) is 13.9. The molecule has 110 valence electrons. The maximum absolute atomic E-state index is 12.5. The second-order valence-electron chi connectivity index (χ2n) is 4.74. The Morgan fingerprint density at radius 3 is 2.73 bits per heavy atom. The van der Waals surface area contributed by atoms with Gasteiger partial charge in [0.25, 0.3) is 5.56 Å². The van der Waals surface area contributed by atoms with Gasteiger partial charge in [-0.25, -0.2) is 19.3 Å². The molecule has 0 fully saturated rings. The van der Waals surface area contributed by atoms with Crippen molar-refractivity contribution in [2.75, 3.05) is 0 Å². The van der Waals surface area contributed by atoms with Gasteiger partial charge >= 0.3 is 5.69 Å². The van der Waals surface area contributed by atoms with Crippen molar-refractivity contribution in [2.24, 2.45) is 7.05 Å². The molecule has 3 rings (SSSR count). The molecule has 0 bridgehead atoms. The standard InChI is InChI=1S/C15H13N5O2/c1-3-4-10-5-6-11(7-17-10)20-14(21)12-8-16-9-18-13(12)19(2)15(20)22/h3,5-9H,1,4H2,2H3. The lowest BCUT2D eigenvalue weighted by atomic mass is 10.2. The van der Waals surface area contributed by atoms with Crippen LogP contribution < -0.4 is 11.2 Å². The van der Waals surface area contributed by atoms with Crippen LogP contribution in [-0.2, 0) is 13.5 Å². The highest BCUT2D eigenvalue weighted by molar-refractivity contribution is 5.72. The lowest BCUT2D eigenvalue weighted by Gasteiger charge is -2.09. The minimum Gasteiger partial charge on any atom is -0.280 e. The molecule has 0 saturated heterocycles. The average Bonchev–Trinajstić information content (AvgIpc) is 2.55. The van der Waals surface area contributed by atoms with Gasteiger partial charge in [-0.2, -0.15) is 0 Å². The summed E-state index contributed by atoms with van der Waals surface area (Å²) in [6.45, 7) is 3.65. The molecule has 3 aromatic rings. The highest BCUT2D eigenvalue weighted by Crippen LogP contribution is 2.06. The molecule has 0 amide bonds. The summed E-state index contributed by atoms with van der Waals surface area (Å²) >= 11 is 0. The van der Waals surface area contributed by atoms with Crippen LogP contribution >= 0.6 is 0 Å². The zero-order valence-corrected chi connectivity index (χ0v) is 11.9. The minimum absolute atomic E-state index is 0.278. The molecule has 0 aliphatic heterocycles. The Morgan fingerprint density at radius 1 is 1.23 bits per heavy atom. The Bertz CT molecular complexity index is 970. The van der Waals surface area contributed by atoms with E-state index in [1.807, 2.05) is 0 Å². The predicted octanol–water partition coefficient (Wildman–Crippen LogP) is 0.603. The van der Waals surface area contributed by atoms with E-state index in [1.165, 1.54) is 23.3 Å². The normalized spacial score (nSPS) is 10.8. The molecule has 0 aromatic carbocycles. The van der Waals surface area contributed by atoms with E-state index in [4.69, 9.17) is 0 Å². The van der Waals surface area contributed by atoms with Crippen LogP contribution in [0.2, 0.25) is 0 Å². The third-order valence-corrected chi connectivity index (χ3v) is 3.34. The summed E-state index contributed by atoms with van der Waals surface area (Å²) in [5, 5.41) is 0.278. The fourth-order valence-corrected chi connectivity index (χ4v) is 2.23. The first-order chi connectivity index (χ1) is 10.6. The largest absolute Gasteiger partial charge is 0.337 e. The average molecular weight is 295 g/mol. The molecule has 0 saturated carbocycles. The summed E-state index contributed by atoms with van der Waals surface area (Å²) in [6, 6.07) is 3.44. The van der Waals surface area contributed by atoms with Crippen molar-refractivity contribution in [1.82, 2.24) is 24.1 Å². The lowest BCUT2D eigenvalue weighted by molar-refractivity contribution is 0.760. The quantitative estimate of drug-likeness (QED) is 0.661. The van der Waals surface area contributed by atoms with E-state index in [2.05, 4.69) is 21.5 Å². The highest BCUT2D eigenvalue weighted by atomic mass is 16.2. The van der Waals surface area contributed by atoms with Gasteiger partial charge in [0.05, 0.1) is 11.9 Å². The molecule has 3 aromatic heterocycles. The van der Waals surface area contributed by atoms with E-state index in [9.17, 15) is 9.59 Å². The van der Waals surface area contributed by atoms with E-state index in [0.717, 1.165) is 10.3 Å². The smallest absolute Gasteiger partial charge is 0.280 e. The van der Waals surface area contributed by atoms with Gasteiger partial charge in [-0.05, 0) is 12.1 Å². The number of hydrogen-bond acceptors (Lipinski definition) is 5. The summed E-state index contributed by atoms with van der Waals surface area (Å²) in [7, 11) is 1.56. The highest BCUT2D eigenvalue weighted by Gasteiger charge is 2.13. The molecule has 0 aliphatic rings. The molecular weight excluding hydrogens is 282 g/mol. The number of rotatable bonds is 3. The molecule has 3 heterocycles. The second kappa shape index (κ2) is 5.36. The van der Waals surface area contributed by atoms with Crippen LogP contribution in [0.4, 0.5) is 0 Å². The van der Waals surface area contributed by atoms with Crippen LogP contribution in [0.3, 0.4) is 0 Å². The van der Waals surface area contributed by atoms with Crippen molar-refractivity contribution < 1.29 is 0 Å². The van der Waals surface area contributed by atoms with Crippen LogP contribution in [0.1, 0.15) is 5.69 Å². The van der Waals surface area contributed by atoms with Crippen LogP contribution in [-0.4, -0.2) is 24.1 Å². The van der Waals surface area contributed by atoms with E-state index in [0.29, 0.717) is 17.8 Å². The topological polar surface area (TPSA) is 82.7 Å². The molecule has 0 unspecified atom stereocenters. The maximum atomic E-state index is 12.5. The second-order valence-corrected chi connectivity index (χ2v) is 4.74. The molecule has 0 atom stereocenters. The number of allylic oxidation sites excluding steroid dienone is 1. The summed E-state index contributed by atoms with van der Waals surface area (Å²) in [5.74, 6) is 0. The Kier molecular flexibility index (Phi) is 3.38. The van der Waals surface area contributed by atoms with Gasteiger partial charge in [-0.15, -0.1) is 6.58 Å². The first-order valence-corrected chi connectivity index (χ1v) is 6.61. The molecule has 0 aliphatic carbocycles. The summed E-state index contributed by atoms with van der Waals surface area (Å²) in [5.41, 5.74) is 0.584. The summed E-state index contributed by atoms with van der Waals surface area (Å²) in [6.07, 6.45) is 6.56. The molecule has 7 heteroatoms. The van der Waals surface area contributed by atoms with Crippen molar-refractivity contribution in [2.45, 2.75) is 6.42 Å². The van der Waals surface area contributed by atoms with Gasteiger partial charge in [0.15, 0.2) is 5.65 Å². The number of fused-ring (bicyclic) bond motifs is 1. The zero-order valence-electron chi connectivity index (χ0n) is 11.9. The van der Waals surface area contributed by atoms with E-state index >= 15 is 0 Å². The molecule has 22 heavy (non-hydrogen) atoms. The van der Waals surface area contributed by atoms with Crippen LogP contribution in [0, 0.1) is 0 Å². The van der Waals surface area contributed by atoms with Crippen molar-refractivity contribution in [3.8, 4) is 5.69 Å². The fourth-order valence-electron chi connectivity index (χ4n) is 2.23. The van der Waals surface area contributed by atoms with Gasteiger partial charge in [0.1, 0.15) is 11.7 Å². The van der Waals surface area contributed by atoms with Crippen LogP contribution in [0.15, 0.2) is 53.1 Å². The first-order valence-electron chi connectivity index (χ1n) is 6.61. The molecular formula is C15H13N5O2. The van der Waals surface area contributed by atoms with Gasteiger partial charge in [0.2, 0.25) is 0 Å². The molecule has 0 N–H and O–H groups in total. The van der Waals surface area contributed by atoms with Gasteiger partial charge in [0, 0.05) is 25.4 Å². The van der Waals surface area contributed by atoms with Crippen molar-refractivity contribution in [1.29, 1.82) is 0 Å². The van der Waals surface area contributed by atoms with Crippen molar-refractivity contribution >= 4 is 11.0 Å². The predicted molar refractivity (Wildman–Crippen MR) is 82.1 cm³/mol. The number of nitrogens with zero attached hydrogens (tertiary/aromatic N) is 5. The van der Waals surface area contributed by atoms with Crippen molar-refractivity contribution in [3.63, 3.8) is 0 Å². The number of pyridine rings is 1. The van der Waals surface area contributed by atoms with Crippen molar-refractivity contribution in [3.05, 3.63) is 70.0 Å². The zero-order chi connectivity index (χ0) is 15.7. The SMILES string of the molecule is C=CCc1ccc(-n2c(=O)c3cncnc3n(C)c2=O)cn1. The third kappa shape index (κ3) is 2.12.